The molecule has 5 heterocycles. The van der Waals surface area contributed by atoms with Crippen molar-refractivity contribution in [1.82, 2.24) is 24.5 Å². The number of aryl methyl sites for hydroxylation is 1. The summed E-state index contributed by atoms with van der Waals surface area (Å²) in [6.45, 7) is 7.42. The predicted molar refractivity (Wildman–Crippen MR) is 183 cm³/mol. The number of furan rings is 1. The summed E-state index contributed by atoms with van der Waals surface area (Å²) in [6, 6.07) is 26.5. The smallest absolute Gasteiger partial charge is 0.220 e. The maximum Gasteiger partial charge on any atom is 0.220 e. The van der Waals surface area contributed by atoms with Crippen LogP contribution in [0.5, 0.6) is 0 Å². The van der Waals surface area contributed by atoms with Crippen LogP contribution in [-0.2, 0) is 33.1 Å². The minimum absolute atomic E-state index is 0. The predicted octanol–water partition coefficient (Wildman–Crippen LogP) is 8.64. The molecule has 0 aliphatic carbocycles. The van der Waals surface area contributed by atoms with Crippen LogP contribution in [0.25, 0.3) is 55.9 Å². The molecule has 0 saturated carbocycles. The summed E-state index contributed by atoms with van der Waals surface area (Å²) in [5, 5.41) is 1.49. The van der Waals surface area contributed by atoms with Crippen molar-refractivity contribution in [2.24, 2.45) is 5.92 Å². The van der Waals surface area contributed by atoms with Gasteiger partial charge in [0.25, 0.3) is 0 Å². The number of halogens is 1. The van der Waals surface area contributed by atoms with Crippen LogP contribution >= 0.6 is 0 Å². The molecule has 0 N–H and O–H groups in total. The summed E-state index contributed by atoms with van der Waals surface area (Å²) in [4.78, 5) is 17.5. The van der Waals surface area contributed by atoms with Crippen LogP contribution < -0.4 is 4.40 Å². The minimum atomic E-state index is -1.86. The van der Waals surface area contributed by atoms with Crippen molar-refractivity contribution in [1.29, 1.82) is 0 Å². The molecule has 0 amide bonds. The van der Waals surface area contributed by atoms with Gasteiger partial charge in [0.2, 0.25) is 11.7 Å². The molecule has 7 aromatic rings. The summed E-state index contributed by atoms with van der Waals surface area (Å²) in [6.07, 6.45) is 6.26. The van der Waals surface area contributed by atoms with E-state index >= 15 is 0 Å². The zero-order chi connectivity index (χ0) is 31.7. The number of para-hydroxylation sites is 2. The summed E-state index contributed by atoms with van der Waals surface area (Å²) in [5.74, 6) is 8.21. The number of fused-ring (bicyclic) bond motifs is 4. The Morgan fingerprint density at radius 3 is 2.41 bits per heavy atom. The molecule has 237 valence electrons. The van der Waals surface area contributed by atoms with Crippen molar-refractivity contribution in [3.63, 3.8) is 0 Å². The molecule has 9 heteroatoms. The normalized spacial score (nSPS) is 11.6. The molecule has 0 fully saturated rings. The standard InChI is InChI=1S/C19H12FN4O.C18H24GeN.Ir/c1-2-24-15-6-4-3-5-14(15)22-17(24)11-9-13-12-7-8-16(20)23-19(12)25-18(13)21-10-11;1-14(2)11-16-12-18(15-9-7-6-8-10-15)20-13-17(16)19(3,4)5;/h3-9H,2H2,1H3;6-9,12-14H,11H2,1-5H3;/q2*-1;. The summed E-state index contributed by atoms with van der Waals surface area (Å²) in [5.41, 5.74) is 7.01. The van der Waals surface area contributed by atoms with Gasteiger partial charge in [-0.15, -0.1) is 6.07 Å². The Kier molecular flexibility index (Phi) is 10.2. The quantitative estimate of drug-likeness (QED) is 0.0953. The second-order valence-corrected chi connectivity index (χ2v) is 23.2. The average molecular weight is 851 g/mol. The summed E-state index contributed by atoms with van der Waals surface area (Å²) >= 11 is -1.86. The fraction of sp³-hybridized carbons (Fsp3) is 0.243. The first-order valence-electron chi connectivity index (χ1n) is 15.3. The number of hydrogen-bond acceptors (Lipinski definition) is 5. The Hall–Kier alpha value is -3.72. The van der Waals surface area contributed by atoms with Gasteiger partial charge in [-0.25, -0.2) is 0 Å². The van der Waals surface area contributed by atoms with E-state index in [0.717, 1.165) is 57.4 Å². The van der Waals surface area contributed by atoms with Crippen LogP contribution in [0, 0.1) is 24.1 Å². The van der Waals surface area contributed by atoms with Crippen molar-refractivity contribution in [3.05, 3.63) is 103 Å². The third-order valence-corrected chi connectivity index (χ3v) is 12.1. The summed E-state index contributed by atoms with van der Waals surface area (Å²) in [7, 11) is 0. The third-order valence-electron chi connectivity index (χ3n) is 7.73. The zero-order valence-corrected chi connectivity index (χ0v) is 31.3. The van der Waals surface area contributed by atoms with E-state index in [1.807, 2.05) is 48.5 Å². The van der Waals surface area contributed by atoms with Gasteiger partial charge >= 0.3 is 126 Å². The number of aromatic nitrogens is 5. The molecule has 0 saturated heterocycles. The number of nitrogens with zero attached hydrogens (tertiary/aromatic N) is 5. The molecule has 2 aromatic carbocycles. The fourth-order valence-corrected chi connectivity index (χ4v) is 9.00. The van der Waals surface area contributed by atoms with Gasteiger partial charge in [0.15, 0.2) is 0 Å². The van der Waals surface area contributed by atoms with Gasteiger partial charge in [-0.2, -0.15) is 9.37 Å². The maximum absolute atomic E-state index is 13.3. The van der Waals surface area contributed by atoms with Gasteiger partial charge in [-0.1, -0.05) is 17.7 Å². The molecule has 7 rings (SSSR count). The van der Waals surface area contributed by atoms with Crippen LogP contribution in [0.1, 0.15) is 26.3 Å². The maximum atomic E-state index is 13.3. The molecule has 0 spiro atoms. The van der Waals surface area contributed by atoms with E-state index in [1.54, 1.807) is 10.5 Å². The number of pyridine rings is 3. The molecule has 46 heavy (non-hydrogen) atoms. The Bertz CT molecular complexity index is 2120. The van der Waals surface area contributed by atoms with Gasteiger partial charge in [-0.05, 0) is 42.8 Å². The van der Waals surface area contributed by atoms with E-state index in [0.29, 0.717) is 11.6 Å². The number of rotatable bonds is 6. The number of hydrogen-bond donors (Lipinski definition) is 0. The van der Waals surface area contributed by atoms with Crippen LogP contribution in [-0.4, -0.2) is 37.8 Å². The van der Waals surface area contributed by atoms with Gasteiger partial charge in [0, 0.05) is 32.0 Å². The van der Waals surface area contributed by atoms with Crippen molar-refractivity contribution in [3.8, 4) is 22.6 Å². The molecule has 0 atom stereocenters. The zero-order valence-electron chi connectivity index (χ0n) is 26.9. The molecule has 0 bridgehead atoms. The number of benzene rings is 2. The van der Waals surface area contributed by atoms with E-state index < -0.39 is 19.2 Å². The van der Waals surface area contributed by atoms with Crippen molar-refractivity contribution in [2.75, 3.05) is 0 Å². The average Bonchev–Trinajstić information content (AvgIpc) is 3.58. The van der Waals surface area contributed by atoms with Crippen LogP contribution in [0.2, 0.25) is 17.3 Å². The van der Waals surface area contributed by atoms with Gasteiger partial charge in [0.1, 0.15) is 5.71 Å². The second-order valence-electron chi connectivity index (χ2n) is 12.6. The Morgan fingerprint density at radius 2 is 1.70 bits per heavy atom. The molecule has 0 unspecified atom stereocenters. The van der Waals surface area contributed by atoms with Gasteiger partial charge in [-0.3, -0.25) is 4.98 Å². The molecule has 0 aliphatic rings. The first kappa shape index (κ1) is 33.6. The van der Waals surface area contributed by atoms with E-state index in [-0.39, 0.29) is 25.8 Å². The molecule has 1 radical (unpaired) electrons. The first-order valence-corrected chi connectivity index (χ1v) is 22.7. The minimum Gasteiger partial charge on any atom is -0.467 e. The molecular formula is C37H36FGeIrN5O-2. The Labute approximate surface area is 285 Å². The van der Waals surface area contributed by atoms with Crippen LogP contribution in [0.3, 0.4) is 0 Å². The van der Waals surface area contributed by atoms with Crippen molar-refractivity contribution >= 4 is 50.9 Å². The molecular weight excluding hydrogens is 814 g/mol. The largest absolute Gasteiger partial charge is 0.467 e. The Morgan fingerprint density at radius 1 is 0.913 bits per heavy atom. The van der Waals surface area contributed by atoms with Crippen LogP contribution in [0.4, 0.5) is 4.39 Å². The monoisotopic (exact) mass is 852 g/mol. The summed E-state index contributed by atoms with van der Waals surface area (Å²) < 4.78 is 22.5. The SMILES string of the molecule is CC(C)Cc1cc(-c2[c-]cccc2)nc[c]1[Ge]([CH3])([CH3])[CH3].CCn1c(-c2[c-]nc3oc4nc(F)ccc4c3c2)nc2ccccc21.[Ir]. The van der Waals surface area contributed by atoms with E-state index in [2.05, 4.69) is 83.2 Å². The first-order chi connectivity index (χ1) is 21.6. The van der Waals surface area contributed by atoms with Gasteiger partial charge in [0.05, 0.1) is 16.9 Å². The topological polar surface area (TPSA) is 69.6 Å². The molecule has 5 aromatic heterocycles. The fourth-order valence-electron chi connectivity index (χ4n) is 5.67. The molecule has 6 nitrogen and oxygen atoms in total. The van der Waals surface area contributed by atoms with E-state index in [9.17, 15) is 4.39 Å². The third kappa shape index (κ3) is 6.99. The van der Waals surface area contributed by atoms with Gasteiger partial charge < -0.3 is 14.0 Å². The Balaban J connectivity index is 0.000000182. The second kappa shape index (κ2) is 14.0. The van der Waals surface area contributed by atoms with Crippen LogP contribution in [0.15, 0.2) is 83.4 Å². The molecule has 0 aliphatic heterocycles. The van der Waals surface area contributed by atoms with E-state index in [4.69, 9.17) is 14.4 Å². The van der Waals surface area contributed by atoms with E-state index in [1.165, 1.54) is 11.6 Å². The van der Waals surface area contributed by atoms with Crippen molar-refractivity contribution < 1.29 is 28.9 Å². The number of imidazole rings is 1. The van der Waals surface area contributed by atoms with Crippen molar-refractivity contribution in [2.45, 2.75) is 51.0 Å².